The number of imidazole rings is 1. The summed E-state index contributed by atoms with van der Waals surface area (Å²) in [4.78, 5) is 16.1. The molecule has 0 atom stereocenters. The van der Waals surface area contributed by atoms with E-state index in [0.29, 0.717) is 11.6 Å². The van der Waals surface area contributed by atoms with Crippen LogP contribution in [0.15, 0.2) is 22.8 Å². The molecule has 0 spiro atoms. The monoisotopic (exact) mass is 290 g/mol. The van der Waals surface area contributed by atoms with Crippen LogP contribution in [-0.4, -0.2) is 41.2 Å². The standard InChI is InChI=1S/C11H14N8S/c1-3-4-12-10-16-8-7(13-5-14-8)9(17-10)20-11-18-15-6-19(11)2/h5-6H,3-4H2,1-2H3,(H2,12,13,14,16,17). The van der Waals surface area contributed by atoms with Crippen molar-refractivity contribution in [1.82, 2.24) is 34.7 Å². The third-order valence-electron chi connectivity index (χ3n) is 2.64. The van der Waals surface area contributed by atoms with Gasteiger partial charge in [0.1, 0.15) is 16.9 Å². The molecule has 0 aliphatic carbocycles. The number of hydrogen-bond acceptors (Lipinski definition) is 7. The summed E-state index contributed by atoms with van der Waals surface area (Å²) in [6.45, 7) is 2.92. The van der Waals surface area contributed by atoms with Crippen molar-refractivity contribution in [3.05, 3.63) is 12.7 Å². The van der Waals surface area contributed by atoms with Crippen LogP contribution < -0.4 is 5.32 Å². The van der Waals surface area contributed by atoms with E-state index < -0.39 is 0 Å². The molecule has 2 N–H and O–H groups in total. The predicted octanol–water partition coefficient (Wildman–Crippen LogP) is 1.45. The molecule has 20 heavy (non-hydrogen) atoms. The largest absolute Gasteiger partial charge is 0.354 e. The topological polar surface area (TPSA) is 97.2 Å². The molecule has 3 aromatic rings. The van der Waals surface area contributed by atoms with Crippen molar-refractivity contribution in [1.29, 1.82) is 0 Å². The SMILES string of the molecule is CCCNc1nc(Sc2nncn2C)c2[nH]cnc2n1. The minimum absolute atomic E-state index is 0.580. The number of rotatable bonds is 5. The zero-order valence-electron chi connectivity index (χ0n) is 11.2. The summed E-state index contributed by atoms with van der Waals surface area (Å²) in [7, 11) is 1.89. The zero-order valence-corrected chi connectivity index (χ0v) is 12.0. The molecule has 3 rings (SSSR count). The Morgan fingerprint density at radius 1 is 1.40 bits per heavy atom. The Labute approximate surface area is 119 Å². The van der Waals surface area contributed by atoms with Crippen molar-refractivity contribution in [3.63, 3.8) is 0 Å². The van der Waals surface area contributed by atoms with E-state index in [-0.39, 0.29) is 0 Å². The predicted molar refractivity (Wildman–Crippen MR) is 75.6 cm³/mol. The quantitative estimate of drug-likeness (QED) is 0.686. The van der Waals surface area contributed by atoms with Crippen molar-refractivity contribution >= 4 is 28.9 Å². The van der Waals surface area contributed by atoms with Crippen molar-refractivity contribution in [2.45, 2.75) is 23.5 Å². The Bertz CT molecular complexity index is 718. The second-order valence-electron chi connectivity index (χ2n) is 4.21. The number of aromatic nitrogens is 7. The van der Waals surface area contributed by atoms with Gasteiger partial charge >= 0.3 is 0 Å². The molecule has 9 heteroatoms. The Hall–Kier alpha value is -2.16. The van der Waals surface area contributed by atoms with Gasteiger partial charge in [-0.2, -0.15) is 4.98 Å². The highest BCUT2D eigenvalue weighted by Crippen LogP contribution is 2.29. The Balaban J connectivity index is 1.99. The lowest BCUT2D eigenvalue weighted by Gasteiger charge is -2.06. The molecule has 0 amide bonds. The fourth-order valence-corrected chi connectivity index (χ4v) is 2.48. The first-order chi connectivity index (χ1) is 9.78. The van der Waals surface area contributed by atoms with Gasteiger partial charge in [-0.3, -0.25) is 0 Å². The number of fused-ring (bicyclic) bond motifs is 1. The van der Waals surface area contributed by atoms with Crippen LogP contribution in [0.5, 0.6) is 0 Å². The van der Waals surface area contributed by atoms with Crippen molar-refractivity contribution < 1.29 is 0 Å². The molecular formula is C11H14N8S. The highest BCUT2D eigenvalue weighted by Gasteiger charge is 2.13. The van der Waals surface area contributed by atoms with Crippen LogP contribution in [0.3, 0.4) is 0 Å². The summed E-state index contributed by atoms with van der Waals surface area (Å²) in [5.41, 5.74) is 1.45. The molecule has 3 heterocycles. The number of nitrogens with one attached hydrogen (secondary N) is 2. The number of hydrogen-bond donors (Lipinski definition) is 2. The Morgan fingerprint density at radius 3 is 3.05 bits per heavy atom. The summed E-state index contributed by atoms with van der Waals surface area (Å²) in [6, 6.07) is 0. The van der Waals surface area contributed by atoms with Crippen LogP contribution >= 0.6 is 11.8 Å². The fourth-order valence-electron chi connectivity index (χ4n) is 1.65. The van der Waals surface area contributed by atoms with Gasteiger partial charge < -0.3 is 14.9 Å². The number of nitrogens with zero attached hydrogens (tertiary/aromatic N) is 6. The maximum absolute atomic E-state index is 4.51. The lowest BCUT2D eigenvalue weighted by molar-refractivity contribution is 0.787. The number of anilines is 1. The number of H-pyrrole nitrogens is 1. The molecule has 0 aromatic carbocycles. The van der Waals surface area contributed by atoms with Gasteiger partial charge in [0, 0.05) is 13.6 Å². The molecule has 0 aliphatic heterocycles. The van der Waals surface area contributed by atoms with Gasteiger partial charge in [-0.05, 0) is 18.2 Å². The molecule has 3 aromatic heterocycles. The molecule has 0 fully saturated rings. The highest BCUT2D eigenvalue weighted by atomic mass is 32.2. The molecule has 0 unspecified atom stereocenters. The van der Waals surface area contributed by atoms with E-state index in [1.165, 1.54) is 11.8 Å². The van der Waals surface area contributed by atoms with E-state index in [4.69, 9.17) is 0 Å². The number of aromatic amines is 1. The summed E-state index contributed by atoms with van der Waals surface area (Å²) in [5, 5.41) is 12.6. The minimum atomic E-state index is 0.580. The van der Waals surface area contributed by atoms with Crippen LogP contribution in [0.1, 0.15) is 13.3 Å². The highest BCUT2D eigenvalue weighted by molar-refractivity contribution is 7.99. The van der Waals surface area contributed by atoms with Gasteiger partial charge in [0.2, 0.25) is 5.95 Å². The lowest BCUT2D eigenvalue weighted by Crippen LogP contribution is -2.05. The fraction of sp³-hybridized carbons (Fsp3) is 0.364. The number of aryl methyl sites for hydroxylation is 1. The van der Waals surface area contributed by atoms with Crippen molar-refractivity contribution in [2.24, 2.45) is 7.05 Å². The maximum Gasteiger partial charge on any atom is 0.225 e. The van der Waals surface area contributed by atoms with Gasteiger partial charge in [-0.1, -0.05) is 6.92 Å². The molecule has 0 saturated heterocycles. The van der Waals surface area contributed by atoms with Gasteiger partial charge in [0.05, 0.1) is 6.33 Å². The van der Waals surface area contributed by atoms with Crippen LogP contribution in [-0.2, 0) is 7.05 Å². The van der Waals surface area contributed by atoms with Crippen LogP contribution in [0.2, 0.25) is 0 Å². The van der Waals surface area contributed by atoms with Crippen molar-refractivity contribution in [2.75, 3.05) is 11.9 Å². The van der Waals surface area contributed by atoms with Gasteiger partial charge in [0.25, 0.3) is 0 Å². The smallest absolute Gasteiger partial charge is 0.225 e. The molecule has 0 aliphatic rings. The summed E-state index contributed by atoms with van der Waals surface area (Å²) >= 11 is 1.43. The third kappa shape index (κ3) is 2.44. The van der Waals surface area contributed by atoms with Gasteiger partial charge in [-0.25, -0.2) is 9.97 Å². The molecule has 104 valence electrons. The second kappa shape index (κ2) is 5.45. The molecule has 0 radical (unpaired) electrons. The maximum atomic E-state index is 4.51. The average Bonchev–Trinajstić information content (AvgIpc) is 3.06. The molecule has 0 bridgehead atoms. The van der Waals surface area contributed by atoms with Crippen molar-refractivity contribution in [3.8, 4) is 0 Å². The van der Waals surface area contributed by atoms with E-state index >= 15 is 0 Å². The van der Waals surface area contributed by atoms with E-state index in [9.17, 15) is 0 Å². The summed E-state index contributed by atoms with van der Waals surface area (Å²) < 4.78 is 1.84. The minimum Gasteiger partial charge on any atom is -0.354 e. The first kappa shape index (κ1) is 12.9. The average molecular weight is 290 g/mol. The first-order valence-corrected chi connectivity index (χ1v) is 7.06. The van der Waals surface area contributed by atoms with E-state index in [1.54, 1.807) is 12.7 Å². The first-order valence-electron chi connectivity index (χ1n) is 6.24. The molecule has 0 saturated carbocycles. The van der Waals surface area contributed by atoms with Gasteiger partial charge in [-0.15, -0.1) is 10.2 Å². The Kier molecular flexibility index (Phi) is 3.50. The zero-order chi connectivity index (χ0) is 13.9. The third-order valence-corrected chi connectivity index (χ3v) is 3.68. The van der Waals surface area contributed by atoms with Crippen LogP contribution in [0, 0.1) is 0 Å². The normalized spacial score (nSPS) is 11.1. The molecular weight excluding hydrogens is 276 g/mol. The summed E-state index contributed by atoms with van der Waals surface area (Å²) in [6.07, 6.45) is 4.28. The van der Waals surface area contributed by atoms with Crippen LogP contribution in [0.25, 0.3) is 11.2 Å². The molecule has 8 nitrogen and oxygen atoms in total. The van der Waals surface area contributed by atoms with Crippen LogP contribution in [0.4, 0.5) is 5.95 Å². The van der Waals surface area contributed by atoms with E-state index in [2.05, 4.69) is 42.4 Å². The van der Waals surface area contributed by atoms with E-state index in [0.717, 1.165) is 28.7 Å². The summed E-state index contributed by atoms with van der Waals surface area (Å²) in [5.74, 6) is 0.580. The van der Waals surface area contributed by atoms with E-state index in [1.807, 2.05) is 11.6 Å². The van der Waals surface area contributed by atoms with Gasteiger partial charge in [0.15, 0.2) is 10.8 Å². The Morgan fingerprint density at radius 2 is 2.30 bits per heavy atom. The second-order valence-corrected chi connectivity index (χ2v) is 5.16. The lowest BCUT2D eigenvalue weighted by atomic mass is 10.5.